The first-order valence-electron chi connectivity index (χ1n) is 9.59. The van der Waals surface area contributed by atoms with Crippen LogP contribution in [0.25, 0.3) is 0 Å². The van der Waals surface area contributed by atoms with Gasteiger partial charge in [-0.25, -0.2) is 16.8 Å². The Labute approximate surface area is 191 Å². The van der Waals surface area contributed by atoms with Gasteiger partial charge in [-0.3, -0.25) is 9.10 Å². The Hall–Kier alpha value is -2.88. The third kappa shape index (κ3) is 4.23. The van der Waals surface area contributed by atoms with Crippen LogP contribution in [0.3, 0.4) is 0 Å². The largest absolute Gasteiger partial charge is 0.322 e. The van der Waals surface area contributed by atoms with Crippen LogP contribution in [-0.4, -0.2) is 35.5 Å². The van der Waals surface area contributed by atoms with Gasteiger partial charge in [0.15, 0.2) is 9.84 Å². The summed E-state index contributed by atoms with van der Waals surface area (Å²) in [6.45, 7) is 0.293. The second-order valence-corrected chi connectivity index (χ2v) is 11.6. The molecule has 1 amide bonds. The average Bonchev–Trinajstić information content (AvgIpc) is 3.18. The topological polar surface area (TPSA) is 101 Å². The van der Waals surface area contributed by atoms with Crippen LogP contribution in [0.2, 0.25) is 5.02 Å². The SMILES string of the molecule is CS(=O)(=O)c1ccc(NC(=O)c2ccc(Cl)c(S(=O)(=O)N3CCc4ccccc43)c2)cc1. The van der Waals surface area contributed by atoms with Crippen LogP contribution in [0.15, 0.2) is 76.5 Å². The van der Waals surface area contributed by atoms with Crippen molar-refractivity contribution in [2.24, 2.45) is 0 Å². The summed E-state index contributed by atoms with van der Waals surface area (Å²) in [7, 11) is -7.33. The number of fused-ring (bicyclic) bond motifs is 1. The number of para-hydroxylation sites is 1. The predicted molar refractivity (Wildman–Crippen MR) is 124 cm³/mol. The number of nitrogens with one attached hydrogen (secondary N) is 1. The first kappa shape index (κ1) is 22.3. The Balaban J connectivity index is 1.62. The van der Waals surface area contributed by atoms with Crippen LogP contribution in [0.4, 0.5) is 11.4 Å². The van der Waals surface area contributed by atoms with Crippen LogP contribution in [0.5, 0.6) is 0 Å². The van der Waals surface area contributed by atoms with Crippen LogP contribution in [0.1, 0.15) is 15.9 Å². The van der Waals surface area contributed by atoms with Gasteiger partial charge in [0.1, 0.15) is 4.90 Å². The van der Waals surface area contributed by atoms with Crippen LogP contribution >= 0.6 is 11.6 Å². The summed E-state index contributed by atoms with van der Waals surface area (Å²) in [5, 5.41) is 2.65. The predicted octanol–water partition coefficient (Wildman–Crippen LogP) is 3.75. The van der Waals surface area contributed by atoms with E-state index in [0.717, 1.165) is 11.8 Å². The molecule has 166 valence electrons. The van der Waals surface area contributed by atoms with Crippen molar-refractivity contribution < 1.29 is 21.6 Å². The standard InChI is InChI=1S/C22H19ClN2O5S2/c1-31(27,28)18-9-7-17(8-10-18)24-22(26)16-6-11-19(23)21(14-16)32(29,30)25-13-12-15-4-2-3-5-20(15)25/h2-11,14H,12-13H2,1H3,(H,24,26). The quantitative estimate of drug-likeness (QED) is 0.587. The Morgan fingerprint density at radius 1 is 0.969 bits per heavy atom. The molecule has 3 aromatic rings. The lowest BCUT2D eigenvalue weighted by molar-refractivity contribution is 0.102. The van der Waals surface area contributed by atoms with Crippen molar-refractivity contribution >= 4 is 48.7 Å². The summed E-state index contributed by atoms with van der Waals surface area (Å²) in [5.74, 6) is -0.549. The third-order valence-corrected chi connectivity index (χ3v) is 8.57. The molecule has 0 radical (unpaired) electrons. The van der Waals surface area contributed by atoms with Crippen molar-refractivity contribution in [3.05, 3.63) is 82.9 Å². The lowest BCUT2D eigenvalue weighted by atomic mass is 10.2. The minimum atomic E-state index is -3.98. The normalized spacial score (nSPS) is 13.6. The average molecular weight is 491 g/mol. The highest BCUT2D eigenvalue weighted by atomic mass is 35.5. The fourth-order valence-electron chi connectivity index (χ4n) is 3.51. The molecule has 32 heavy (non-hydrogen) atoms. The van der Waals surface area contributed by atoms with Crippen molar-refractivity contribution in [1.29, 1.82) is 0 Å². The number of sulfonamides is 1. The molecule has 0 aliphatic carbocycles. The minimum absolute atomic E-state index is 0.0171. The minimum Gasteiger partial charge on any atom is -0.322 e. The van der Waals surface area contributed by atoms with Gasteiger partial charge >= 0.3 is 0 Å². The number of anilines is 2. The second kappa shape index (κ2) is 8.23. The number of carbonyl (C=O) groups is 1. The molecule has 10 heteroatoms. The molecule has 0 saturated heterocycles. The first-order valence-corrected chi connectivity index (χ1v) is 13.3. The number of hydrogen-bond donors (Lipinski definition) is 1. The molecule has 0 saturated carbocycles. The van der Waals surface area contributed by atoms with Crippen molar-refractivity contribution in [3.8, 4) is 0 Å². The van der Waals surface area contributed by atoms with Crippen molar-refractivity contribution in [2.75, 3.05) is 22.4 Å². The van der Waals surface area contributed by atoms with E-state index in [9.17, 15) is 21.6 Å². The number of hydrogen-bond acceptors (Lipinski definition) is 5. The van der Waals surface area contributed by atoms with Gasteiger partial charge in [-0.2, -0.15) is 0 Å². The zero-order chi connectivity index (χ0) is 23.1. The van der Waals surface area contributed by atoms with Gasteiger partial charge < -0.3 is 5.32 Å². The fourth-order valence-corrected chi connectivity index (χ4v) is 6.14. The van der Waals surface area contributed by atoms with Crippen molar-refractivity contribution in [1.82, 2.24) is 0 Å². The summed E-state index contributed by atoms with van der Waals surface area (Å²) in [6, 6.07) is 17.0. The van der Waals surface area contributed by atoms with Gasteiger partial charge in [0.05, 0.1) is 15.6 Å². The Kier molecular flexibility index (Phi) is 5.74. The molecule has 0 bridgehead atoms. The molecule has 7 nitrogen and oxygen atoms in total. The van der Waals surface area contributed by atoms with Crippen LogP contribution in [-0.2, 0) is 26.3 Å². The number of halogens is 1. The first-order chi connectivity index (χ1) is 15.1. The molecular weight excluding hydrogens is 472 g/mol. The highest BCUT2D eigenvalue weighted by Crippen LogP contribution is 2.35. The Morgan fingerprint density at radius 2 is 1.66 bits per heavy atom. The maximum absolute atomic E-state index is 13.3. The van der Waals surface area contributed by atoms with E-state index in [1.165, 1.54) is 46.8 Å². The van der Waals surface area contributed by atoms with E-state index in [-0.39, 0.29) is 20.4 Å². The van der Waals surface area contributed by atoms with E-state index in [0.29, 0.717) is 24.3 Å². The number of sulfone groups is 1. The second-order valence-electron chi connectivity index (χ2n) is 7.35. The van der Waals surface area contributed by atoms with E-state index >= 15 is 0 Å². The van der Waals surface area contributed by atoms with Gasteiger partial charge in [0.2, 0.25) is 0 Å². The maximum Gasteiger partial charge on any atom is 0.265 e. The third-order valence-electron chi connectivity index (χ3n) is 5.15. The summed E-state index contributed by atoms with van der Waals surface area (Å²) in [6.07, 6.45) is 1.69. The molecule has 0 atom stereocenters. The lowest BCUT2D eigenvalue weighted by Crippen LogP contribution is -2.29. The zero-order valence-electron chi connectivity index (χ0n) is 16.9. The highest BCUT2D eigenvalue weighted by Gasteiger charge is 2.32. The molecule has 4 rings (SSSR count). The van der Waals surface area contributed by atoms with E-state index in [1.807, 2.05) is 12.1 Å². The maximum atomic E-state index is 13.3. The van der Waals surface area contributed by atoms with E-state index in [1.54, 1.807) is 12.1 Å². The summed E-state index contributed by atoms with van der Waals surface area (Å²) >= 11 is 6.22. The number of carbonyl (C=O) groups excluding carboxylic acids is 1. The molecule has 1 aliphatic rings. The fraction of sp³-hybridized carbons (Fsp3) is 0.136. The number of rotatable bonds is 5. The lowest BCUT2D eigenvalue weighted by Gasteiger charge is -2.20. The number of benzene rings is 3. The monoisotopic (exact) mass is 490 g/mol. The molecule has 1 heterocycles. The van der Waals surface area contributed by atoms with Crippen LogP contribution < -0.4 is 9.62 Å². The van der Waals surface area contributed by atoms with Gasteiger partial charge in [-0.1, -0.05) is 29.8 Å². The molecular formula is C22H19ClN2O5S2. The zero-order valence-corrected chi connectivity index (χ0v) is 19.3. The smallest absolute Gasteiger partial charge is 0.265 e. The van der Waals surface area contributed by atoms with Crippen molar-refractivity contribution in [3.63, 3.8) is 0 Å². The molecule has 3 aromatic carbocycles. The van der Waals surface area contributed by atoms with Gasteiger partial charge in [-0.15, -0.1) is 0 Å². The van der Waals surface area contributed by atoms with Crippen LogP contribution in [0, 0.1) is 0 Å². The van der Waals surface area contributed by atoms with E-state index in [4.69, 9.17) is 11.6 Å². The van der Waals surface area contributed by atoms with Gasteiger partial charge in [-0.05, 0) is 60.5 Å². The molecule has 1 aliphatic heterocycles. The highest BCUT2D eigenvalue weighted by molar-refractivity contribution is 7.93. The molecule has 1 N–H and O–H groups in total. The summed E-state index contributed by atoms with van der Waals surface area (Å²) in [4.78, 5) is 12.7. The number of nitrogens with zero attached hydrogens (tertiary/aromatic N) is 1. The van der Waals surface area contributed by atoms with Gasteiger partial charge in [0.25, 0.3) is 15.9 Å². The summed E-state index contributed by atoms with van der Waals surface area (Å²) < 4.78 is 51.1. The molecule has 0 spiro atoms. The molecule has 0 aromatic heterocycles. The number of amides is 1. The Bertz CT molecular complexity index is 1420. The van der Waals surface area contributed by atoms with Gasteiger partial charge in [0, 0.05) is 24.1 Å². The summed E-state index contributed by atoms with van der Waals surface area (Å²) in [5.41, 5.74) is 2.01. The molecule has 0 unspecified atom stereocenters. The van der Waals surface area contributed by atoms with E-state index < -0.39 is 25.8 Å². The Morgan fingerprint density at radius 3 is 2.34 bits per heavy atom. The van der Waals surface area contributed by atoms with E-state index in [2.05, 4.69) is 5.32 Å². The van der Waals surface area contributed by atoms with Crippen molar-refractivity contribution in [2.45, 2.75) is 16.2 Å². The molecule has 0 fully saturated rings.